The fourth-order valence-electron chi connectivity index (χ4n) is 4.35. The first-order valence-electron chi connectivity index (χ1n) is 11.8. The predicted molar refractivity (Wildman–Crippen MR) is 137 cm³/mol. The average molecular weight is 536 g/mol. The predicted octanol–water partition coefficient (Wildman–Crippen LogP) is 3.30. The van der Waals surface area contributed by atoms with Gasteiger partial charge in [-0.25, -0.2) is 14.1 Å². The van der Waals surface area contributed by atoms with Crippen molar-refractivity contribution in [2.45, 2.75) is 18.2 Å². The summed E-state index contributed by atoms with van der Waals surface area (Å²) in [4.78, 5) is 30.5. The van der Waals surface area contributed by atoms with Crippen molar-refractivity contribution in [2.75, 3.05) is 13.2 Å². The van der Waals surface area contributed by atoms with E-state index in [2.05, 4.69) is 15.4 Å². The fourth-order valence-corrected chi connectivity index (χ4v) is 4.58. The Hall–Kier alpha value is -4.12. The molecule has 0 radical (unpaired) electrons. The summed E-state index contributed by atoms with van der Waals surface area (Å²) in [6.07, 6.45) is 3.32. The summed E-state index contributed by atoms with van der Waals surface area (Å²) >= 11 is 6.12. The van der Waals surface area contributed by atoms with Gasteiger partial charge in [0.05, 0.1) is 35.5 Å². The van der Waals surface area contributed by atoms with Gasteiger partial charge < -0.3 is 20.5 Å². The molecule has 1 unspecified atom stereocenters. The minimum atomic E-state index is -1.83. The van der Waals surface area contributed by atoms with Gasteiger partial charge in [0.1, 0.15) is 5.82 Å². The van der Waals surface area contributed by atoms with E-state index >= 15 is 0 Å². The minimum Gasteiger partial charge on any atom is -0.365 e. The van der Waals surface area contributed by atoms with Crippen LogP contribution in [0.3, 0.4) is 0 Å². The molecule has 38 heavy (non-hydrogen) atoms. The number of carbonyl (C=O) groups is 2. The van der Waals surface area contributed by atoms with Gasteiger partial charge in [-0.15, -0.1) is 0 Å². The maximum Gasteiger partial charge on any atom is 0.280 e. The minimum absolute atomic E-state index is 0.0613. The topological polar surface area (TPSA) is 121 Å². The van der Waals surface area contributed by atoms with Crippen LogP contribution in [0.25, 0.3) is 17.1 Å². The van der Waals surface area contributed by atoms with E-state index in [1.54, 1.807) is 30.5 Å². The first-order chi connectivity index (χ1) is 18.4. The zero-order chi connectivity index (χ0) is 26.7. The van der Waals surface area contributed by atoms with Gasteiger partial charge in [0.25, 0.3) is 17.6 Å². The summed E-state index contributed by atoms with van der Waals surface area (Å²) in [6.45, 7) is 0.307. The summed E-state index contributed by atoms with van der Waals surface area (Å²) in [5, 5.41) is 7.27. The molecule has 0 saturated carbocycles. The van der Waals surface area contributed by atoms with Crippen LogP contribution < -0.4 is 11.1 Å². The number of nitrogens with zero attached hydrogens (tertiary/aromatic N) is 3. The number of carbonyl (C=O) groups excluding carboxylic acids is 2. The largest absolute Gasteiger partial charge is 0.365 e. The van der Waals surface area contributed by atoms with Gasteiger partial charge in [-0.05, 0) is 36.2 Å². The summed E-state index contributed by atoms with van der Waals surface area (Å²) in [6, 6.07) is 17.6. The van der Waals surface area contributed by atoms with Crippen molar-refractivity contribution in [2.24, 2.45) is 5.73 Å². The molecular weight excluding hydrogens is 513 g/mol. The third-order valence-electron chi connectivity index (χ3n) is 6.17. The molecule has 5 rings (SSSR count). The number of amides is 2. The maximum absolute atomic E-state index is 14.0. The Balaban J connectivity index is 1.47. The highest BCUT2D eigenvalue weighted by Crippen LogP contribution is 2.30. The van der Waals surface area contributed by atoms with Gasteiger partial charge in [0.2, 0.25) is 0 Å². The molecule has 0 spiro atoms. The molecule has 11 heteroatoms. The van der Waals surface area contributed by atoms with Crippen molar-refractivity contribution in [3.05, 3.63) is 101 Å². The maximum atomic E-state index is 14.0. The van der Waals surface area contributed by atoms with Gasteiger partial charge in [-0.1, -0.05) is 54.1 Å². The number of primary amides is 1. The second-order valence-electron chi connectivity index (χ2n) is 8.57. The smallest absolute Gasteiger partial charge is 0.280 e. The Morgan fingerprint density at radius 3 is 2.58 bits per heavy atom. The molecule has 9 nitrogen and oxygen atoms in total. The Morgan fingerprint density at radius 2 is 1.84 bits per heavy atom. The normalized spacial score (nSPS) is 15.2. The van der Waals surface area contributed by atoms with Crippen LogP contribution in [0.2, 0.25) is 5.02 Å². The lowest BCUT2D eigenvalue weighted by atomic mass is 9.97. The van der Waals surface area contributed by atoms with Crippen molar-refractivity contribution < 1.29 is 23.5 Å². The summed E-state index contributed by atoms with van der Waals surface area (Å²) in [7, 11) is 0. The molecule has 1 aliphatic heterocycles. The van der Waals surface area contributed by atoms with Gasteiger partial charge >= 0.3 is 0 Å². The molecule has 3 N–H and O–H groups in total. The number of nitrogens with two attached hydrogens (primary N) is 1. The van der Waals surface area contributed by atoms with Crippen LogP contribution in [0, 0.1) is 5.82 Å². The molecule has 3 heterocycles. The third-order valence-corrected chi connectivity index (χ3v) is 6.56. The number of benzene rings is 2. The van der Waals surface area contributed by atoms with Gasteiger partial charge in [-0.3, -0.25) is 9.59 Å². The number of halogens is 2. The Kier molecular flexibility index (Phi) is 7.19. The average Bonchev–Trinajstić information content (AvgIpc) is 3.62. The van der Waals surface area contributed by atoms with Gasteiger partial charge in [-0.2, -0.15) is 5.10 Å². The van der Waals surface area contributed by atoms with Crippen molar-refractivity contribution in [3.8, 4) is 17.1 Å². The molecule has 1 saturated heterocycles. The Bertz CT molecular complexity index is 1470. The van der Waals surface area contributed by atoms with Crippen molar-refractivity contribution >= 4 is 23.4 Å². The van der Waals surface area contributed by atoms with Crippen LogP contribution in [-0.4, -0.2) is 51.6 Å². The molecule has 2 aromatic carbocycles. The lowest BCUT2D eigenvalue weighted by Gasteiger charge is -2.33. The lowest BCUT2D eigenvalue weighted by Crippen LogP contribution is -2.61. The quantitative estimate of drug-likeness (QED) is 0.357. The zero-order valence-corrected chi connectivity index (χ0v) is 20.8. The van der Waals surface area contributed by atoms with Crippen molar-refractivity contribution in [1.29, 1.82) is 0 Å². The summed E-state index contributed by atoms with van der Waals surface area (Å²) in [5.74, 6) is -3.58. The number of nitrogens with one attached hydrogen (secondary N) is 1. The third kappa shape index (κ3) is 4.89. The van der Waals surface area contributed by atoms with Crippen LogP contribution in [0.15, 0.2) is 79.1 Å². The Morgan fingerprint density at radius 1 is 1.08 bits per heavy atom. The highest BCUT2D eigenvalue weighted by Gasteiger charge is 2.51. The number of aromatic nitrogens is 3. The van der Waals surface area contributed by atoms with Crippen molar-refractivity contribution in [3.63, 3.8) is 0 Å². The molecule has 1 fully saturated rings. The van der Waals surface area contributed by atoms with E-state index in [1.807, 2.05) is 30.3 Å². The Labute approximate surface area is 222 Å². The molecule has 194 valence electrons. The first-order valence-corrected chi connectivity index (χ1v) is 12.1. The molecule has 0 aliphatic carbocycles. The fraction of sp³-hybridized carbons (Fsp3) is 0.185. The molecule has 0 bridgehead atoms. The summed E-state index contributed by atoms with van der Waals surface area (Å²) < 4.78 is 26.7. The molecule has 1 aliphatic rings. The van der Waals surface area contributed by atoms with Gasteiger partial charge in [0, 0.05) is 18.0 Å². The zero-order valence-electron chi connectivity index (χ0n) is 20.0. The highest BCUT2D eigenvalue weighted by molar-refractivity contribution is 6.33. The van der Waals surface area contributed by atoms with E-state index in [4.69, 9.17) is 26.8 Å². The van der Waals surface area contributed by atoms with E-state index in [0.29, 0.717) is 11.3 Å². The van der Waals surface area contributed by atoms with Crippen LogP contribution in [0.1, 0.15) is 15.9 Å². The molecule has 1 atom stereocenters. The standard InChI is InChI=1S/C27H23ClFN5O4/c28-23-18(8-4-10-20(23)29)21-11-13-34(33-21)24-19(9-5-12-31-24)25(35)32-22(16-17-6-2-1-3-7-17)27(26(30)36)37-14-15-38-27/h1-13,22H,14-16H2,(H2,30,36)(H,32,35). The summed E-state index contributed by atoms with van der Waals surface area (Å²) in [5.41, 5.74) is 7.50. The molecule has 2 aromatic heterocycles. The molecule has 4 aromatic rings. The number of pyridine rings is 1. The lowest BCUT2D eigenvalue weighted by molar-refractivity contribution is -0.189. The monoisotopic (exact) mass is 535 g/mol. The van der Waals surface area contributed by atoms with Crippen LogP contribution >= 0.6 is 11.6 Å². The molecular formula is C27H23ClFN5O4. The number of rotatable bonds is 8. The van der Waals surface area contributed by atoms with E-state index in [-0.39, 0.29) is 36.0 Å². The van der Waals surface area contributed by atoms with Crippen molar-refractivity contribution in [1.82, 2.24) is 20.1 Å². The van der Waals surface area contributed by atoms with Gasteiger partial charge in [0.15, 0.2) is 5.82 Å². The van der Waals surface area contributed by atoms with E-state index in [1.165, 1.54) is 23.0 Å². The molecule has 2 amide bonds. The van der Waals surface area contributed by atoms with E-state index in [0.717, 1.165) is 5.56 Å². The SMILES string of the molecule is NC(=O)C1(C(Cc2ccccc2)NC(=O)c2cccnc2-n2ccc(-c3cccc(F)c3Cl)n2)OCCO1. The number of hydrogen-bond acceptors (Lipinski definition) is 6. The highest BCUT2D eigenvalue weighted by atomic mass is 35.5. The number of ether oxygens (including phenoxy) is 2. The second kappa shape index (κ2) is 10.7. The van der Waals surface area contributed by atoms with Crippen LogP contribution in [-0.2, 0) is 20.7 Å². The first kappa shape index (κ1) is 25.5. The number of hydrogen-bond donors (Lipinski definition) is 2. The second-order valence-corrected chi connectivity index (χ2v) is 8.94. The van der Waals surface area contributed by atoms with E-state index in [9.17, 15) is 14.0 Å². The van der Waals surface area contributed by atoms with Crippen LogP contribution in [0.5, 0.6) is 0 Å². The van der Waals surface area contributed by atoms with E-state index < -0.39 is 29.5 Å². The van der Waals surface area contributed by atoms with Crippen LogP contribution in [0.4, 0.5) is 4.39 Å².